The molecule has 0 aliphatic carbocycles. The molecule has 8 nitrogen and oxygen atoms in total. The monoisotopic (exact) mass is 338 g/mol. The molecule has 24 heavy (non-hydrogen) atoms. The number of nitrogens with zero attached hydrogens (tertiary/aromatic N) is 2. The summed E-state index contributed by atoms with van der Waals surface area (Å²) in [6, 6.07) is 6.05. The lowest BCUT2D eigenvalue weighted by Gasteiger charge is -2.15. The highest BCUT2D eigenvalue weighted by Gasteiger charge is 2.30. The number of ether oxygens (including phenoxy) is 1. The molecule has 132 valence electrons. The molecule has 1 aliphatic rings. The molecule has 1 fully saturated rings. The molecule has 1 aliphatic heterocycles. The molecule has 0 radical (unpaired) electrons. The van der Waals surface area contributed by atoms with Gasteiger partial charge in [0, 0.05) is 25.0 Å². The highest BCUT2D eigenvalue weighted by Crippen LogP contribution is 2.18. The lowest BCUT2D eigenvalue weighted by Crippen LogP contribution is -2.31. The Kier molecular flexibility index (Phi) is 7.31. The summed E-state index contributed by atoms with van der Waals surface area (Å²) in [5.41, 5.74) is 0.0797. The number of imide groups is 1. The molecule has 1 aromatic rings. The molecule has 0 saturated carbocycles. The van der Waals surface area contributed by atoms with Crippen molar-refractivity contribution in [2.24, 2.45) is 0 Å². The third-order valence-corrected chi connectivity index (χ3v) is 2.74. The van der Waals surface area contributed by atoms with E-state index >= 15 is 0 Å². The molecule has 1 aromatic carbocycles. The maximum Gasteiger partial charge on any atom is 0.269 e. The molecule has 0 atom stereocenters. The molecule has 1 heterocycles. The van der Waals surface area contributed by atoms with Crippen LogP contribution in [0.5, 0.6) is 5.75 Å². The van der Waals surface area contributed by atoms with Crippen LogP contribution in [0.4, 0.5) is 5.69 Å². The van der Waals surface area contributed by atoms with Gasteiger partial charge >= 0.3 is 0 Å². The molecular weight excluding hydrogens is 316 g/mol. The summed E-state index contributed by atoms with van der Waals surface area (Å²) < 4.78 is 5.33. The predicted octanol–water partition coefficient (Wildman–Crippen LogP) is 2.86. The Morgan fingerprint density at radius 1 is 1.00 bits per heavy atom. The van der Waals surface area contributed by atoms with Crippen LogP contribution in [0.15, 0.2) is 24.3 Å². The van der Waals surface area contributed by atoms with Crippen LogP contribution < -0.4 is 4.74 Å². The van der Waals surface area contributed by atoms with Crippen molar-refractivity contribution in [3.8, 4) is 5.75 Å². The van der Waals surface area contributed by atoms with Gasteiger partial charge in [-0.15, -0.1) is 0 Å². The Bertz CT molecular complexity index is 567. The molecule has 2 rings (SSSR count). The fourth-order valence-corrected chi connectivity index (χ4v) is 1.80. The SMILES string of the molecule is CC(C)ON1C(=O)CCC1=O.CC(C)Oc1ccc([N+](=O)[O-])cc1. The maximum absolute atomic E-state index is 10.9. The third kappa shape index (κ3) is 6.33. The smallest absolute Gasteiger partial charge is 0.269 e. The van der Waals surface area contributed by atoms with Crippen LogP contribution in [0.2, 0.25) is 0 Å². The number of amides is 2. The zero-order chi connectivity index (χ0) is 18.3. The van der Waals surface area contributed by atoms with E-state index in [0.29, 0.717) is 5.75 Å². The normalized spacial score (nSPS) is 14.0. The average molecular weight is 338 g/mol. The average Bonchev–Trinajstić information content (AvgIpc) is 2.79. The van der Waals surface area contributed by atoms with Gasteiger partial charge in [-0.2, -0.15) is 5.06 Å². The first kappa shape index (κ1) is 19.6. The number of hydroxylamine groups is 2. The van der Waals surface area contributed by atoms with E-state index in [1.807, 2.05) is 13.8 Å². The van der Waals surface area contributed by atoms with E-state index in [0.717, 1.165) is 5.06 Å². The summed E-state index contributed by atoms with van der Waals surface area (Å²) in [6.45, 7) is 7.36. The quantitative estimate of drug-likeness (QED) is 0.465. The third-order valence-electron chi connectivity index (χ3n) is 2.74. The Morgan fingerprint density at radius 3 is 1.88 bits per heavy atom. The van der Waals surface area contributed by atoms with Gasteiger partial charge in [0.15, 0.2) is 0 Å². The zero-order valence-corrected chi connectivity index (χ0v) is 14.2. The summed E-state index contributed by atoms with van der Waals surface area (Å²) in [5.74, 6) is 0.188. The van der Waals surface area contributed by atoms with Crippen LogP contribution in [-0.2, 0) is 14.4 Å². The number of hydrogen-bond donors (Lipinski definition) is 0. The Hall–Kier alpha value is -2.48. The van der Waals surface area contributed by atoms with Crippen LogP contribution in [-0.4, -0.2) is 34.0 Å². The van der Waals surface area contributed by atoms with Crippen molar-refractivity contribution in [1.82, 2.24) is 5.06 Å². The lowest BCUT2D eigenvalue weighted by atomic mass is 10.3. The van der Waals surface area contributed by atoms with Crippen molar-refractivity contribution < 1.29 is 24.1 Å². The van der Waals surface area contributed by atoms with Gasteiger partial charge < -0.3 is 4.74 Å². The minimum Gasteiger partial charge on any atom is -0.491 e. The van der Waals surface area contributed by atoms with Gasteiger partial charge in [-0.25, -0.2) is 0 Å². The van der Waals surface area contributed by atoms with E-state index < -0.39 is 4.92 Å². The number of carbonyl (C=O) groups excluding carboxylic acids is 2. The number of hydrogen-bond acceptors (Lipinski definition) is 6. The second-order valence-corrected chi connectivity index (χ2v) is 5.65. The summed E-state index contributed by atoms with van der Waals surface area (Å²) in [4.78, 5) is 36.6. The fraction of sp³-hybridized carbons (Fsp3) is 0.500. The van der Waals surface area contributed by atoms with Crippen molar-refractivity contribution in [3.05, 3.63) is 34.4 Å². The van der Waals surface area contributed by atoms with Crippen LogP contribution in [0.3, 0.4) is 0 Å². The molecular formula is C16H22N2O6. The molecule has 0 N–H and O–H groups in total. The number of carbonyl (C=O) groups is 2. The van der Waals surface area contributed by atoms with Crippen LogP contribution in [0.1, 0.15) is 40.5 Å². The molecule has 0 bridgehead atoms. The minimum atomic E-state index is -0.431. The van der Waals surface area contributed by atoms with Crippen molar-refractivity contribution in [3.63, 3.8) is 0 Å². The number of benzene rings is 1. The second kappa shape index (κ2) is 8.97. The van der Waals surface area contributed by atoms with E-state index in [4.69, 9.17) is 9.57 Å². The van der Waals surface area contributed by atoms with Gasteiger partial charge in [0.1, 0.15) is 5.75 Å². The number of nitro groups is 1. The topological polar surface area (TPSA) is 99.0 Å². The summed E-state index contributed by atoms with van der Waals surface area (Å²) in [6.07, 6.45) is 0.527. The molecule has 0 spiro atoms. The standard InChI is InChI=1S/C9H11NO3.C7H11NO3/c1-7(2)13-9-5-3-8(4-6-9)10(11)12;1-5(2)11-8-6(9)3-4-7(8)10/h3-7H,1-2H3;5H,3-4H2,1-2H3. The number of nitro benzene ring substituents is 1. The summed E-state index contributed by atoms with van der Waals surface area (Å²) in [5, 5.41) is 11.2. The van der Waals surface area contributed by atoms with Gasteiger partial charge in [-0.3, -0.25) is 24.5 Å². The van der Waals surface area contributed by atoms with Gasteiger partial charge in [0.2, 0.25) is 0 Å². The second-order valence-electron chi connectivity index (χ2n) is 5.65. The number of rotatable bonds is 5. The first-order chi connectivity index (χ1) is 11.2. The van der Waals surface area contributed by atoms with E-state index in [1.165, 1.54) is 12.1 Å². The van der Waals surface area contributed by atoms with Crippen molar-refractivity contribution in [1.29, 1.82) is 0 Å². The highest BCUT2D eigenvalue weighted by atomic mass is 16.7. The van der Waals surface area contributed by atoms with Gasteiger partial charge in [-0.1, -0.05) is 0 Å². The molecule has 0 unspecified atom stereocenters. The Morgan fingerprint density at radius 2 is 1.50 bits per heavy atom. The van der Waals surface area contributed by atoms with E-state index in [-0.39, 0.29) is 42.6 Å². The molecule has 0 aromatic heterocycles. The maximum atomic E-state index is 10.9. The Labute approximate surface area is 140 Å². The lowest BCUT2D eigenvalue weighted by molar-refractivity contribution is -0.384. The first-order valence-corrected chi connectivity index (χ1v) is 7.64. The van der Waals surface area contributed by atoms with Crippen molar-refractivity contribution in [2.45, 2.75) is 52.7 Å². The predicted molar refractivity (Wildman–Crippen MR) is 86.2 cm³/mol. The van der Waals surface area contributed by atoms with Crippen molar-refractivity contribution in [2.75, 3.05) is 0 Å². The minimum absolute atomic E-state index is 0.0797. The number of non-ortho nitro benzene ring substituents is 1. The van der Waals surface area contributed by atoms with E-state index in [2.05, 4.69) is 0 Å². The van der Waals surface area contributed by atoms with Crippen molar-refractivity contribution >= 4 is 17.5 Å². The van der Waals surface area contributed by atoms with Gasteiger partial charge in [0.25, 0.3) is 17.5 Å². The van der Waals surface area contributed by atoms with E-state index in [1.54, 1.807) is 26.0 Å². The summed E-state index contributed by atoms with van der Waals surface area (Å²) >= 11 is 0. The van der Waals surface area contributed by atoms with Gasteiger partial charge in [0.05, 0.1) is 17.1 Å². The van der Waals surface area contributed by atoms with Gasteiger partial charge in [-0.05, 0) is 39.8 Å². The Balaban J connectivity index is 0.000000243. The first-order valence-electron chi connectivity index (χ1n) is 7.64. The largest absolute Gasteiger partial charge is 0.491 e. The molecule has 8 heteroatoms. The van der Waals surface area contributed by atoms with Crippen LogP contribution in [0, 0.1) is 10.1 Å². The van der Waals surface area contributed by atoms with Crippen LogP contribution >= 0.6 is 0 Å². The van der Waals surface area contributed by atoms with E-state index in [9.17, 15) is 19.7 Å². The molecule has 2 amide bonds. The molecule has 1 saturated heterocycles. The van der Waals surface area contributed by atoms with Crippen LogP contribution in [0.25, 0.3) is 0 Å². The summed E-state index contributed by atoms with van der Waals surface area (Å²) in [7, 11) is 0. The zero-order valence-electron chi connectivity index (χ0n) is 14.2. The highest BCUT2D eigenvalue weighted by molar-refractivity contribution is 6.00. The fourth-order valence-electron chi connectivity index (χ4n) is 1.80.